The first-order valence-electron chi connectivity index (χ1n) is 6.25. The number of aliphatic imine (C=N–C) groups is 1. The van der Waals surface area contributed by atoms with E-state index in [1.54, 1.807) is 13.3 Å². The molecule has 3 aromatic rings. The number of nitrogens with one attached hydrogen (secondary N) is 2. The molecule has 3 rings (SSSR count). The summed E-state index contributed by atoms with van der Waals surface area (Å²) >= 11 is 3.44. The molecule has 21 heavy (non-hydrogen) atoms. The van der Waals surface area contributed by atoms with E-state index in [0.29, 0.717) is 0 Å². The second-order valence-electron chi connectivity index (χ2n) is 4.46. The first-order valence-corrected chi connectivity index (χ1v) is 7.05. The Balaban J connectivity index is 1.89. The molecular weight excluding hydrogens is 334 g/mol. The zero-order valence-electron chi connectivity index (χ0n) is 11.2. The summed E-state index contributed by atoms with van der Waals surface area (Å²) in [6, 6.07) is 11.2. The molecule has 1 aromatic heterocycles. The highest BCUT2D eigenvalue weighted by Gasteiger charge is 2.01. The number of hydrogen-bond donors (Lipinski definition) is 2. The lowest BCUT2D eigenvalue weighted by Crippen LogP contribution is -1.99. The van der Waals surface area contributed by atoms with E-state index >= 15 is 0 Å². The van der Waals surface area contributed by atoms with Crippen LogP contribution >= 0.6 is 15.9 Å². The number of rotatable bonds is 3. The highest BCUT2D eigenvalue weighted by molar-refractivity contribution is 9.10. The predicted octanol–water partition coefficient (Wildman–Crippen LogP) is 3.38. The highest BCUT2D eigenvalue weighted by Crippen LogP contribution is 2.25. The maximum Gasteiger partial charge on any atom is 0.323 e. The van der Waals surface area contributed by atoms with Gasteiger partial charge in [-0.1, -0.05) is 0 Å². The van der Waals surface area contributed by atoms with Gasteiger partial charge in [0.15, 0.2) is 0 Å². The van der Waals surface area contributed by atoms with Crippen LogP contribution in [0.2, 0.25) is 0 Å². The summed E-state index contributed by atoms with van der Waals surface area (Å²) in [6.45, 7) is 0. The number of benzene rings is 2. The Morgan fingerprint density at radius 2 is 1.95 bits per heavy atom. The topological polar surface area (TPSA) is 70.2 Å². The fraction of sp³-hybridized carbons (Fsp3) is 0.0667. The van der Waals surface area contributed by atoms with Gasteiger partial charge >= 0.3 is 5.69 Å². The molecule has 0 fully saturated rings. The Bertz CT molecular complexity index is 880. The van der Waals surface area contributed by atoms with E-state index in [-0.39, 0.29) is 5.69 Å². The zero-order chi connectivity index (χ0) is 14.8. The third kappa shape index (κ3) is 2.90. The number of aromatic nitrogens is 2. The number of aromatic amines is 2. The normalized spacial score (nSPS) is 11.3. The van der Waals surface area contributed by atoms with E-state index < -0.39 is 0 Å². The van der Waals surface area contributed by atoms with Crippen molar-refractivity contribution in [1.29, 1.82) is 0 Å². The summed E-state index contributed by atoms with van der Waals surface area (Å²) in [4.78, 5) is 21.0. The van der Waals surface area contributed by atoms with Crippen LogP contribution in [-0.4, -0.2) is 23.3 Å². The summed E-state index contributed by atoms with van der Waals surface area (Å²) in [5.41, 5.74) is 3.01. The fourth-order valence-corrected chi connectivity index (χ4v) is 2.57. The smallest absolute Gasteiger partial charge is 0.323 e. The molecule has 0 atom stereocenters. The van der Waals surface area contributed by atoms with Crippen LogP contribution in [0.25, 0.3) is 11.0 Å². The Labute approximate surface area is 128 Å². The number of fused-ring (bicyclic) bond motifs is 1. The molecule has 0 aliphatic carbocycles. The largest absolute Gasteiger partial charge is 0.496 e. The van der Waals surface area contributed by atoms with Crippen molar-refractivity contribution in [2.45, 2.75) is 0 Å². The molecule has 0 saturated carbocycles. The van der Waals surface area contributed by atoms with E-state index in [2.05, 4.69) is 30.9 Å². The Kier molecular flexibility index (Phi) is 3.62. The summed E-state index contributed by atoms with van der Waals surface area (Å²) < 4.78 is 6.06. The zero-order valence-corrected chi connectivity index (χ0v) is 12.8. The molecular formula is C15H12BrN3O2. The van der Waals surface area contributed by atoms with E-state index in [9.17, 15) is 4.79 Å². The van der Waals surface area contributed by atoms with Gasteiger partial charge in [-0.15, -0.1) is 0 Å². The molecule has 2 N–H and O–H groups in total. The summed E-state index contributed by atoms with van der Waals surface area (Å²) in [5.74, 6) is 0.776. The van der Waals surface area contributed by atoms with Crippen molar-refractivity contribution in [3.63, 3.8) is 0 Å². The third-order valence-corrected chi connectivity index (χ3v) is 3.66. The molecule has 106 valence electrons. The first-order chi connectivity index (χ1) is 10.2. The van der Waals surface area contributed by atoms with Crippen LogP contribution in [0.4, 0.5) is 5.69 Å². The van der Waals surface area contributed by atoms with Crippen molar-refractivity contribution >= 4 is 38.9 Å². The maximum atomic E-state index is 11.2. The molecule has 6 heteroatoms. The van der Waals surface area contributed by atoms with Gasteiger partial charge in [0, 0.05) is 6.21 Å². The maximum absolute atomic E-state index is 11.2. The number of H-pyrrole nitrogens is 2. The van der Waals surface area contributed by atoms with Gasteiger partial charge in [0.2, 0.25) is 0 Å². The first kappa shape index (κ1) is 13.6. The highest BCUT2D eigenvalue weighted by atomic mass is 79.9. The SMILES string of the molecule is COc1ccc(C=Nc2ccc3[nH]c(=O)[nH]c3c2)cc1Br. The molecule has 0 radical (unpaired) electrons. The molecule has 0 bridgehead atoms. The van der Waals surface area contributed by atoms with Crippen molar-refractivity contribution in [2.75, 3.05) is 7.11 Å². The molecule has 0 spiro atoms. The Morgan fingerprint density at radius 3 is 2.71 bits per heavy atom. The predicted molar refractivity (Wildman–Crippen MR) is 86.9 cm³/mol. The minimum absolute atomic E-state index is 0.217. The van der Waals surface area contributed by atoms with Crippen LogP contribution < -0.4 is 10.4 Å². The molecule has 1 heterocycles. The van der Waals surface area contributed by atoms with Crippen LogP contribution in [0.3, 0.4) is 0 Å². The summed E-state index contributed by atoms with van der Waals surface area (Å²) in [6.07, 6.45) is 1.76. The van der Waals surface area contributed by atoms with Gasteiger partial charge in [-0.05, 0) is 57.9 Å². The number of ether oxygens (including phenoxy) is 1. The minimum atomic E-state index is -0.217. The van der Waals surface area contributed by atoms with Crippen molar-refractivity contribution in [2.24, 2.45) is 4.99 Å². The number of nitrogens with zero attached hydrogens (tertiary/aromatic N) is 1. The third-order valence-electron chi connectivity index (χ3n) is 3.04. The van der Waals surface area contributed by atoms with Crippen molar-refractivity contribution in [3.05, 3.63) is 56.9 Å². The van der Waals surface area contributed by atoms with Gasteiger partial charge in [0.1, 0.15) is 5.75 Å². The second kappa shape index (κ2) is 5.57. The van der Waals surface area contributed by atoms with Crippen LogP contribution in [0, 0.1) is 0 Å². The molecule has 0 aliphatic rings. The van der Waals surface area contributed by atoms with E-state index in [1.165, 1.54) is 0 Å². The molecule has 0 amide bonds. The second-order valence-corrected chi connectivity index (χ2v) is 5.32. The van der Waals surface area contributed by atoms with Gasteiger partial charge in [-0.3, -0.25) is 4.99 Å². The molecule has 0 aliphatic heterocycles. The lowest BCUT2D eigenvalue weighted by atomic mass is 10.2. The van der Waals surface area contributed by atoms with Crippen molar-refractivity contribution < 1.29 is 4.74 Å². The summed E-state index contributed by atoms with van der Waals surface area (Å²) in [5, 5.41) is 0. The van der Waals surface area contributed by atoms with Gasteiger partial charge in [0.05, 0.1) is 28.3 Å². The lowest BCUT2D eigenvalue weighted by molar-refractivity contribution is 0.412. The average Bonchev–Trinajstić information content (AvgIpc) is 2.84. The van der Waals surface area contributed by atoms with Crippen molar-refractivity contribution in [1.82, 2.24) is 9.97 Å². The quantitative estimate of drug-likeness (QED) is 0.714. The van der Waals surface area contributed by atoms with E-state index in [1.807, 2.05) is 36.4 Å². The molecule has 5 nitrogen and oxygen atoms in total. The molecule has 2 aromatic carbocycles. The van der Waals surface area contributed by atoms with E-state index in [4.69, 9.17) is 4.74 Å². The number of hydrogen-bond acceptors (Lipinski definition) is 3. The Hall–Kier alpha value is -2.34. The number of imidazole rings is 1. The standard InChI is InChI=1S/C15H12BrN3O2/c1-21-14-5-2-9(6-11(14)16)8-17-10-3-4-12-13(7-10)19-15(20)18-12/h2-8H,1H3,(H2,18,19,20). The van der Waals surface area contributed by atoms with Crippen molar-refractivity contribution in [3.8, 4) is 5.75 Å². The lowest BCUT2D eigenvalue weighted by Gasteiger charge is -2.03. The van der Waals surface area contributed by atoms with Gasteiger partial charge in [-0.25, -0.2) is 4.79 Å². The number of halogens is 1. The van der Waals surface area contributed by atoms with Crippen LogP contribution in [-0.2, 0) is 0 Å². The summed E-state index contributed by atoms with van der Waals surface area (Å²) in [7, 11) is 1.63. The number of methoxy groups -OCH3 is 1. The monoisotopic (exact) mass is 345 g/mol. The molecule has 0 unspecified atom stereocenters. The van der Waals surface area contributed by atoms with Crippen LogP contribution in [0.5, 0.6) is 5.75 Å². The van der Waals surface area contributed by atoms with Gasteiger partial charge in [-0.2, -0.15) is 0 Å². The van der Waals surface area contributed by atoms with Crippen LogP contribution in [0.15, 0.2) is 50.7 Å². The fourth-order valence-electron chi connectivity index (χ4n) is 2.01. The van der Waals surface area contributed by atoms with Gasteiger partial charge in [0.25, 0.3) is 0 Å². The molecule has 0 saturated heterocycles. The van der Waals surface area contributed by atoms with E-state index in [0.717, 1.165) is 32.5 Å². The minimum Gasteiger partial charge on any atom is -0.496 e. The Morgan fingerprint density at radius 1 is 1.14 bits per heavy atom. The van der Waals surface area contributed by atoms with Crippen LogP contribution in [0.1, 0.15) is 5.56 Å². The average molecular weight is 346 g/mol. The van der Waals surface area contributed by atoms with Gasteiger partial charge < -0.3 is 14.7 Å².